The second kappa shape index (κ2) is 5.28. The van der Waals surface area contributed by atoms with Crippen molar-refractivity contribution in [2.24, 2.45) is 5.92 Å². The molecule has 1 aliphatic heterocycles. The van der Waals surface area contributed by atoms with Crippen molar-refractivity contribution in [3.8, 4) is 0 Å². The number of carbonyl (C=O) groups is 1. The number of ether oxygens (including phenoxy) is 1. The van der Waals surface area contributed by atoms with Gasteiger partial charge in [0.15, 0.2) is 5.78 Å². The second-order valence-electron chi connectivity index (χ2n) is 4.44. The maximum absolute atomic E-state index is 13.1. The summed E-state index contributed by atoms with van der Waals surface area (Å²) < 4.78 is 56.6. The van der Waals surface area contributed by atoms with E-state index in [9.17, 15) is 22.4 Å². The maximum atomic E-state index is 13.1. The molecule has 0 N–H and O–H groups in total. The zero-order valence-electron chi connectivity index (χ0n) is 9.97. The molecule has 0 saturated carbocycles. The molecule has 0 atom stereocenters. The summed E-state index contributed by atoms with van der Waals surface area (Å²) in [6.45, 7) is 0.681. The van der Waals surface area contributed by atoms with Crippen LogP contribution >= 0.6 is 0 Å². The first kappa shape index (κ1) is 14.0. The van der Waals surface area contributed by atoms with Crippen LogP contribution in [0.1, 0.15) is 28.8 Å². The molecule has 0 amide bonds. The van der Waals surface area contributed by atoms with Crippen LogP contribution in [0.5, 0.6) is 0 Å². The Morgan fingerprint density at radius 3 is 2.42 bits per heavy atom. The highest BCUT2D eigenvalue weighted by atomic mass is 19.4. The summed E-state index contributed by atoms with van der Waals surface area (Å²) in [5.74, 6) is -2.03. The van der Waals surface area contributed by atoms with Crippen LogP contribution in [0.15, 0.2) is 18.2 Å². The number of rotatable bonds is 2. The van der Waals surface area contributed by atoms with Gasteiger partial charge in [-0.3, -0.25) is 4.79 Å². The van der Waals surface area contributed by atoms with Crippen LogP contribution in [-0.2, 0) is 10.9 Å². The summed E-state index contributed by atoms with van der Waals surface area (Å²) in [4.78, 5) is 12.1. The molecule has 1 heterocycles. The standard InChI is InChI=1S/C13H12F4O2/c14-9-1-2-11(13(15,16)17)10(7-9)12(18)8-3-5-19-6-4-8/h1-2,7-8H,3-6H2. The van der Waals surface area contributed by atoms with Gasteiger partial charge in [-0.25, -0.2) is 4.39 Å². The number of ketones is 1. The summed E-state index contributed by atoms with van der Waals surface area (Å²) in [5, 5.41) is 0. The van der Waals surface area contributed by atoms with Gasteiger partial charge < -0.3 is 4.74 Å². The van der Waals surface area contributed by atoms with Crippen molar-refractivity contribution in [2.45, 2.75) is 19.0 Å². The van der Waals surface area contributed by atoms with Gasteiger partial charge in [0.2, 0.25) is 0 Å². The SMILES string of the molecule is O=C(c1cc(F)ccc1C(F)(F)F)C1CCOCC1. The Morgan fingerprint density at radius 1 is 1.21 bits per heavy atom. The first-order chi connectivity index (χ1) is 8.89. The summed E-state index contributed by atoms with van der Waals surface area (Å²) in [7, 11) is 0. The first-order valence-electron chi connectivity index (χ1n) is 5.88. The number of hydrogen-bond acceptors (Lipinski definition) is 2. The highest BCUT2D eigenvalue weighted by Gasteiger charge is 2.37. The fourth-order valence-corrected chi connectivity index (χ4v) is 2.15. The van der Waals surface area contributed by atoms with Crippen molar-refractivity contribution in [3.63, 3.8) is 0 Å². The number of Topliss-reactive ketones (excluding diaryl/α,β-unsaturated/α-hetero) is 1. The van der Waals surface area contributed by atoms with E-state index in [1.165, 1.54) is 0 Å². The lowest BCUT2D eigenvalue weighted by Gasteiger charge is -2.22. The molecule has 2 nitrogen and oxygen atoms in total. The first-order valence-corrected chi connectivity index (χ1v) is 5.88. The molecule has 1 aliphatic rings. The predicted octanol–water partition coefficient (Wildman–Crippen LogP) is 3.45. The molecule has 1 aromatic rings. The van der Waals surface area contributed by atoms with E-state index in [0.29, 0.717) is 44.3 Å². The van der Waals surface area contributed by atoms with Crippen LogP contribution in [-0.4, -0.2) is 19.0 Å². The van der Waals surface area contributed by atoms with Gasteiger partial charge in [-0.15, -0.1) is 0 Å². The molecule has 0 radical (unpaired) electrons. The minimum Gasteiger partial charge on any atom is -0.381 e. The van der Waals surface area contributed by atoms with Crippen LogP contribution in [0.4, 0.5) is 17.6 Å². The summed E-state index contributed by atoms with van der Waals surface area (Å²) >= 11 is 0. The molecule has 1 fully saturated rings. The lowest BCUT2D eigenvalue weighted by Crippen LogP contribution is -2.25. The zero-order chi connectivity index (χ0) is 14.0. The third kappa shape index (κ3) is 3.12. The smallest absolute Gasteiger partial charge is 0.381 e. The van der Waals surface area contributed by atoms with Gasteiger partial charge in [-0.2, -0.15) is 13.2 Å². The van der Waals surface area contributed by atoms with E-state index < -0.39 is 34.8 Å². The number of carbonyl (C=O) groups excluding carboxylic acids is 1. The Morgan fingerprint density at radius 2 is 1.84 bits per heavy atom. The Kier molecular flexibility index (Phi) is 3.89. The predicted molar refractivity (Wildman–Crippen MR) is 59.3 cm³/mol. The lowest BCUT2D eigenvalue weighted by molar-refractivity contribution is -0.138. The number of halogens is 4. The third-order valence-corrected chi connectivity index (χ3v) is 3.14. The van der Waals surface area contributed by atoms with Crippen molar-refractivity contribution in [1.29, 1.82) is 0 Å². The third-order valence-electron chi connectivity index (χ3n) is 3.14. The average Bonchev–Trinajstić information content (AvgIpc) is 2.37. The molecule has 2 rings (SSSR count). The molecule has 1 saturated heterocycles. The van der Waals surface area contributed by atoms with Gasteiger partial charge in [0.05, 0.1) is 5.56 Å². The van der Waals surface area contributed by atoms with Crippen LogP contribution in [0.3, 0.4) is 0 Å². The largest absolute Gasteiger partial charge is 0.417 e. The van der Waals surface area contributed by atoms with Gasteiger partial charge in [-0.05, 0) is 31.0 Å². The van der Waals surface area contributed by atoms with Crippen LogP contribution < -0.4 is 0 Å². The normalized spacial score (nSPS) is 17.5. The van der Waals surface area contributed by atoms with E-state index in [-0.39, 0.29) is 0 Å². The molecular formula is C13H12F4O2. The van der Waals surface area contributed by atoms with Crippen LogP contribution in [0, 0.1) is 11.7 Å². The zero-order valence-corrected chi connectivity index (χ0v) is 9.97. The van der Waals surface area contributed by atoms with E-state index in [0.717, 1.165) is 0 Å². The molecule has 104 valence electrons. The molecule has 0 unspecified atom stereocenters. The fourth-order valence-electron chi connectivity index (χ4n) is 2.15. The summed E-state index contributed by atoms with van der Waals surface area (Å²) in [6, 6.07) is 1.99. The Hall–Kier alpha value is -1.43. The molecule has 6 heteroatoms. The molecular weight excluding hydrogens is 264 g/mol. The van der Waals surface area contributed by atoms with Gasteiger partial charge >= 0.3 is 6.18 Å². The fraction of sp³-hybridized carbons (Fsp3) is 0.462. The second-order valence-corrected chi connectivity index (χ2v) is 4.44. The number of hydrogen-bond donors (Lipinski definition) is 0. The minimum absolute atomic E-state index is 0.340. The molecule has 0 aromatic heterocycles. The number of alkyl halides is 3. The quantitative estimate of drug-likeness (QED) is 0.611. The average molecular weight is 276 g/mol. The van der Waals surface area contributed by atoms with Crippen LogP contribution in [0.2, 0.25) is 0 Å². The van der Waals surface area contributed by atoms with Gasteiger partial charge in [0, 0.05) is 24.7 Å². The van der Waals surface area contributed by atoms with Gasteiger partial charge in [0.1, 0.15) is 5.82 Å². The van der Waals surface area contributed by atoms with Crippen molar-refractivity contribution in [2.75, 3.05) is 13.2 Å². The van der Waals surface area contributed by atoms with Crippen molar-refractivity contribution < 1.29 is 27.1 Å². The highest BCUT2D eigenvalue weighted by molar-refractivity contribution is 5.99. The Balaban J connectivity index is 2.36. The molecule has 1 aromatic carbocycles. The van der Waals surface area contributed by atoms with Crippen molar-refractivity contribution in [3.05, 3.63) is 35.1 Å². The summed E-state index contributed by atoms with van der Waals surface area (Å²) in [6.07, 6.45) is -3.93. The van der Waals surface area contributed by atoms with E-state index in [1.54, 1.807) is 0 Å². The Bertz CT molecular complexity index is 476. The topological polar surface area (TPSA) is 26.3 Å². The van der Waals surface area contributed by atoms with E-state index >= 15 is 0 Å². The number of benzene rings is 1. The Labute approximate surface area is 107 Å². The maximum Gasteiger partial charge on any atom is 0.417 e. The van der Waals surface area contributed by atoms with E-state index in [2.05, 4.69) is 0 Å². The lowest BCUT2D eigenvalue weighted by atomic mass is 9.88. The minimum atomic E-state index is -4.66. The molecule has 0 aliphatic carbocycles. The van der Waals surface area contributed by atoms with Gasteiger partial charge in [0.25, 0.3) is 0 Å². The van der Waals surface area contributed by atoms with E-state index in [4.69, 9.17) is 4.74 Å². The molecule has 19 heavy (non-hydrogen) atoms. The monoisotopic (exact) mass is 276 g/mol. The van der Waals surface area contributed by atoms with Gasteiger partial charge in [-0.1, -0.05) is 0 Å². The summed E-state index contributed by atoms with van der Waals surface area (Å²) in [5.41, 5.74) is -1.66. The van der Waals surface area contributed by atoms with E-state index in [1.807, 2.05) is 0 Å². The van der Waals surface area contributed by atoms with Crippen molar-refractivity contribution >= 4 is 5.78 Å². The van der Waals surface area contributed by atoms with Crippen LogP contribution in [0.25, 0.3) is 0 Å². The molecule has 0 bridgehead atoms. The van der Waals surface area contributed by atoms with Crippen molar-refractivity contribution in [1.82, 2.24) is 0 Å². The molecule has 0 spiro atoms. The highest BCUT2D eigenvalue weighted by Crippen LogP contribution is 2.34.